The van der Waals surface area contributed by atoms with E-state index < -0.39 is 0 Å². The Morgan fingerprint density at radius 3 is 2.65 bits per heavy atom. The molecule has 0 aliphatic carbocycles. The summed E-state index contributed by atoms with van der Waals surface area (Å²) in [4.78, 5) is 13.2. The maximum absolute atomic E-state index is 13.2. The Labute approximate surface area is 149 Å². The van der Waals surface area contributed by atoms with Gasteiger partial charge in [-0.1, -0.05) is 6.07 Å². The zero-order valence-electron chi connectivity index (χ0n) is 14.5. The normalized spacial score (nSPS) is 14.1. The molecular weight excluding hydrogens is 334 g/mol. The monoisotopic (exact) mass is 351 g/mol. The number of rotatable bonds is 2. The standard InChI is InChI=1S/C20H17NO5/c1-23-16-8-11-5-6-21-14(13(11)9-17(16)24-2)7-12-3-4-15-19(26-10-25-15)18(12)20(21)22/h3-4,7-9H,5-6,10H2,1-2H3. The zero-order chi connectivity index (χ0) is 17.8. The van der Waals surface area contributed by atoms with Crippen molar-refractivity contribution in [3.05, 3.63) is 46.2 Å². The predicted octanol–water partition coefficient (Wildman–Crippen LogP) is 2.97. The summed E-state index contributed by atoms with van der Waals surface area (Å²) in [7, 11) is 3.24. The van der Waals surface area contributed by atoms with Crippen LogP contribution in [0.3, 0.4) is 0 Å². The van der Waals surface area contributed by atoms with Gasteiger partial charge in [0.05, 0.1) is 25.3 Å². The van der Waals surface area contributed by atoms with Crippen LogP contribution in [0.25, 0.3) is 22.0 Å². The van der Waals surface area contributed by atoms with Gasteiger partial charge in [0, 0.05) is 12.1 Å². The first-order valence-electron chi connectivity index (χ1n) is 8.42. The van der Waals surface area contributed by atoms with Crippen LogP contribution in [0.4, 0.5) is 0 Å². The summed E-state index contributed by atoms with van der Waals surface area (Å²) < 4.78 is 23.6. The third-order valence-corrected chi connectivity index (χ3v) is 5.10. The number of hydrogen-bond acceptors (Lipinski definition) is 5. The van der Waals surface area contributed by atoms with Gasteiger partial charge in [-0.05, 0) is 41.6 Å². The SMILES string of the molecule is COc1cc2c(cc1OC)-c1cc3ccc4c(c3c(=O)n1CC2)OCO4. The van der Waals surface area contributed by atoms with E-state index in [1.807, 2.05) is 30.3 Å². The molecule has 0 spiro atoms. The molecule has 5 rings (SSSR count). The van der Waals surface area contributed by atoms with E-state index in [1.165, 1.54) is 0 Å². The van der Waals surface area contributed by atoms with Gasteiger partial charge in [0.1, 0.15) is 0 Å². The highest BCUT2D eigenvalue weighted by Crippen LogP contribution is 2.41. The van der Waals surface area contributed by atoms with Gasteiger partial charge < -0.3 is 23.5 Å². The largest absolute Gasteiger partial charge is 0.493 e. The van der Waals surface area contributed by atoms with Crippen molar-refractivity contribution in [1.29, 1.82) is 0 Å². The Kier molecular flexibility index (Phi) is 3.16. The molecular formula is C20H17NO5. The van der Waals surface area contributed by atoms with Crippen LogP contribution in [-0.4, -0.2) is 25.6 Å². The summed E-state index contributed by atoms with van der Waals surface area (Å²) in [6, 6.07) is 9.71. The van der Waals surface area contributed by atoms with E-state index >= 15 is 0 Å². The summed E-state index contributed by atoms with van der Waals surface area (Å²) in [5.41, 5.74) is 2.96. The molecule has 0 N–H and O–H groups in total. The van der Waals surface area contributed by atoms with Crippen LogP contribution in [0.5, 0.6) is 23.0 Å². The molecule has 6 nitrogen and oxygen atoms in total. The van der Waals surface area contributed by atoms with Crippen molar-refractivity contribution in [2.24, 2.45) is 0 Å². The molecule has 6 heteroatoms. The molecule has 3 heterocycles. The fourth-order valence-electron chi connectivity index (χ4n) is 3.84. The van der Waals surface area contributed by atoms with E-state index in [4.69, 9.17) is 18.9 Å². The molecule has 0 amide bonds. The lowest BCUT2D eigenvalue weighted by Crippen LogP contribution is -2.26. The minimum absolute atomic E-state index is 0.0553. The Bertz CT molecular complexity index is 1120. The number of fused-ring (bicyclic) bond motifs is 6. The highest BCUT2D eigenvalue weighted by atomic mass is 16.7. The van der Waals surface area contributed by atoms with Gasteiger partial charge in [0.2, 0.25) is 6.79 Å². The average Bonchev–Trinajstić information content (AvgIpc) is 3.15. The maximum Gasteiger partial charge on any atom is 0.262 e. The first-order chi connectivity index (χ1) is 12.7. The number of methoxy groups -OCH3 is 2. The lowest BCUT2D eigenvalue weighted by atomic mass is 9.95. The predicted molar refractivity (Wildman–Crippen MR) is 96.6 cm³/mol. The molecule has 2 aliphatic rings. The smallest absolute Gasteiger partial charge is 0.262 e. The minimum Gasteiger partial charge on any atom is -0.493 e. The molecule has 2 aromatic carbocycles. The van der Waals surface area contributed by atoms with Crippen LogP contribution in [0.2, 0.25) is 0 Å². The van der Waals surface area contributed by atoms with E-state index in [9.17, 15) is 4.79 Å². The first kappa shape index (κ1) is 15.1. The third kappa shape index (κ3) is 1.95. The average molecular weight is 351 g/mol. The molecule has 1 aromatic heterocycles. The molecule has 26 heavy (non-hydrogen) atoms. The van der Waals surface area contributed by atoms with Crippen LogP contribution in [0, 0.1) is 0 Å². The Balaban J connectivity index is 1.81. The second-order valence-electron chi connectivity index (χ2n) is 6.36. The van der Waals surface area contributed by atoms with E-state index in [0.717, 1.165) is 28.6 Å². The second-order valence-corrected chi connectivity index (χ2v) is 6.36. The van der Waals surface area contributed by atoms with E-state index in [2.05, 4.69) is 0 Å². The molecule has 2 aliphatic heterocycles. The molecule has 0 saturated heterocycles. The van der Waals surface area contributed by atoms with Crippen molar-refractivity contribution < 1.29 is 18.9 Å². The topological polar surface area (TPSA) is 58.9 Å². The van der Waals surface area contributed by atoms with Crippen LogP contribution in [0.15, 0.2) is 35.1 Å². The molecule has 0 bridgehead atoms. The summed E-state index contributed by atoms with van der Waals surface area (Å²) in [6.07, 6.45) is 0.750. The number of benzene rings is 2. The highest BCUT2D eigenvalue weighted by Gasteiger charge is 2.25. The molecule has 0 atom stereocenters. The van der Waals surface area contributed by atoms with Crippen molar-refractivity contribution in [2.75, 3.05) is 21.0 Å². The number of aryl methyl sites for hydroxylation is 1. The van der Waals surface area contributed by atoms with Gasteiger partial charge in [-0.2, -0.15) is 0 Å². The highest BCUT2D eigenvalue weighted by molar-refractivity contribution is 5.93. The lowest BCUT2D eigenvalue weighted by molar-refractivity contribution is 0.174. The van der Waals surface area contributed by atoms with Crippen molar-refractivity contribution in [3.8, 4) is 34.3 Å². The second kappa shape index (κ2) is 5.42. The summed E-state index contributed by atoms with van der Waals surface area (Å²) in [5, 5.41) is 1.42. The van der Waals surface area contributed by atoms with Crippen LogP contribution < -0.4 is 24.5 Å². The van der Waals surface area contributed by atoms with E-state index in [1.54, 1.807) is 18.8 Å². The van der Waals surface area contributed by atoms with E-state index in [-0.39, 0.29) is 12.4 Å². The van der Waals surface area contributed by atoms with Gasteiger partial charge in [0.15, 0.2) is 23.0 Å². The number of aromatic nitrogens is 1. The van der Waals surface area contributed by atoms with Gasteiger partial charge in [-0.3, -0.25) is 4.79 Å². The number of pyridine rings is 1. The van der Waals surface area contributed by atoms with Crippen LogP contribution in [-0.2, 0) is 13.0 Å². The Hall–Kier alpha value is -3.15. The van der Waals surface area contributed by atoms with Crippen LogP contribution in [0.1, 0.15) is 5.56 Å². The zero-order valence-corrected chi connectivity index (χ0v) is 14.5. The minimum atomic E-state index is -0.0553. The lowest BCUT2D eigenvalue weighted by Gasteiger charge is -2.24. The van der Waals surface area contributed by atoms with E-state index in [0.29, 0.717) is 34.9 Å². The molecule has 132 valence electrons. The number of nitrogens with zero attached hydrogens (tertiary/aromatic N) is 1. The van der Waals surface area contributed by atoms with Gasteiger partial charge in [-0.15, -0.1) is 0 Å². The van der Waals surface area contributed by atoms with Crippen LogP contribution >= 0.6 is 0 Å². The van der Waals surface area contributed by atoms with Gasteiger partial charge >= 0.3 is 0 Å². The maximum atomic E-state index is 13.2. The number of hydrogen-bond donors (Lipinski definition) is 0. The molecule has 0 radical (unpaired) electrons. The first-order valence-corrected chi connectivity index (χ1v) is 8.42. The molecule has 0 fully saturated rings. The van der Waals surface area contributed by atoms with Crippen molar-refractivity contribution in [1.82, 2.24) is 4.57 Å². The van der Waals surface area contributed by atoms with Crippen molar-refractivity contribution >= 4 is 10.8 Å². The van der Waals surface area contributed by atoms with Gasteiger partial charge in [0.25, 0.3) is 5.56 Å². The Morgan fingerprint density at radius 2 is 1.85 bits per heavy atom. The summed E-state index contributed by atoms with van der Waals surface area (Å²) >= 11 is 0. The van der Waals surface area contributed by atoms with Crippen molar-refractivity contribution in [2.45, 2.75) is 13.0 Å². The quantitative estimate of drug-likeness (QED) is 0.710. The summed E-state index contributed by atoms with van der Waals surface area (Å²) in [5.74, 6) is 2.52. The summed E-state index contributed by atoms with van der Waals surface area (Å²) in [6.45, 7) is 0.757. The fraction of sp³-hybridized carbons (Fsp3) is 0.250. The number of ether oxygens (including phenoxy) is 4. The van der Waals surface area contributed by atoms with Crippen molar-refractivity contribution in [3.63, 3.8) is 0 Å². The molecule has 0 unspecified atom stereocenters. The molecule has 3 aromatic rings. The van der Waals surface area contributed by atoms with Gasteiger partial charge in [-0.25, -0.2) is 0 Å². The third-order valence-electron chi connectivity index (χ3n) is 5.10. The molecule has 0 saturated carbocycles. The fourth-order valence-corrected chi connectivity index (χ4v) is 3.84. The Morgan fingerprint density at radius 1 is 1.04 bits per heavy atom.